The first-order valence-electron chi connectivity index (χ1n) is 21.2. The highest BCUT2D eigenvalue weighted by Gasteiger charge is 2.54. The molecule has 2 saturated heterocycles. The van der Waals surface area contributed by atoms with Gasteiger partial charge in [-0.3, -0.25) is 4.79 Å². The van der Waals surface area contributed by atoms with Crippen molar-refractivity contribution < 1.29 is 61.2 Å². The summed E-state index contributed by atoms with van der Waals surface area (Å²) in [6.45, 7) is 3.51. The number of carbonyl (C=O) groups excluding carboxylic acids is 5. The summed E-state index contributed by atoms with van der Waals surface area (Å²) in [4.78, 5) is 77.3. The Hall–Kier alpha value is -6.60. The van der Waals surface area contributed by atoms with Crippen LogP contribution in [0.2, 0.25) is 5.15 Å². The second kappa shape index (κ2) is 20.3. The van der Waals surface area contributed by atoms with Gasteiger partial charge in [-0.1, -0.05) is 105 Å². The molecule has 0 saturated carbocycles. The molecule has 0 unspecified atom stereocenters. The predicted molar refractivity (Wildman–Crippen MR) is 244 cm³/mol. The number of hydrogen-bond acceptors (Lipinski definition) is 13. The number of fused-ring (bicyclic) bond motifs is 1. The molecule has 2 aliphatic heterocycles. The van der Waals surface area contributed by atoms with E-state index >= 15 is 8.78 Å². The van der Waals surface area contributed by atoms with Crippen molar-refractivity contribution in [2.24, 2.45) is 5.41 Å². The molecule has 2 aliphatic rings. The lowest BCUT2D eigenvalue weighted by Crippen LogP contribution is -2.51. The molecule has 2 fully saturated rings. The first kappa shape index (κ1) is 47.9. The van der Waals surface area contributed by atoms with Crippen molar-refractivity contribution in [3.63, 3.8) is 0 Å². The van der Waals surface area contributed by atoms with Crippen molar-refractivity contribution >= 4 is 74.3 Å². The number of anilines is 1. The Bertz CT molecular complexity index is 2810. The van der Waals surface area contributed by atoms with Gasteiger partial charge < -0.3 is 33.0 Å². The fourth-order valence-electron chi connectivity index (χ4n) is 7.57. The molecule has 352 valence electrons. The van der Waals surface area contributed by atoms with E-state index in [0.29, 0.717) is 0 Å². The van der Waals surface area contributed by atoms with Crippen LogP contribution in [-0.2, 0) is 33.2 Å². The van der Waals surface area contributed by atoms with Crippen LogP contribution in [-0.4, -0.2) is 101 Å². The molecule has 6 aromatic rings. The lowest BCUT2D eigenvalue weighted by Gasteiger charge is -2.33. The number of nitrogens with zero attached hydrogens (tertiary/aromatic N) is 4. The van der Waals surface area contributed by atoms with E-state index in [1.807, 2.05) is 0 Å². The van der Waals surface area contributed by atoms with Crippen molar-refractivity contribution in [1.29, 1.82) is 0 Å². The number of halogens is 4. The van der Waals surface area contributed by atoms with Gasteiger partial charge in [-0.05, 0) is 64.5 Å². The molecular weight excluding hydrogens is 974 g/mol. The molecule has 15 nitrogen and oxygen atoms in total. The lowest BCUT2D eigenvalue weighted by molar-refractivity contribution is -0.129. The second-order valence-electron chi connectivity index (χ2n) is 16.7. The number of aromatic nitrogens is 3. The third-order valence-corrected chi connectivity index (χ3v) is 11.9. The van der Waals surface area contributed by atoms with Crippen molar-refractivity contribution in [1.82, 2.24) is 14.5 Å². The van der Waals surface area contributed by atoms with Crippen LogP contribution in [0.3, 0.4) is 0 Å². The molecule has 0 spiro atoms. The van der Waals surface area contributed by atoms with E-state index in [0.717, 1.165) is 4.90 Å². The van der Waals surface area contributed by atoms with E-state index in [1.165, 1.54) is 59.3 Å². The Morgan fingerprint density at radius 2 is 1.09 bits per heavy atom. The van der Waals surface area contributed by atoms with Crippen LogP contribution in [0.25, 0.3) is 11.0 Å². The number of benzene rings is 4. The Morgan fingerprint density at radius 3 is 1.54 bits per heavy atom. The third kappa shape index (κ3) is 10.1. The standard InChI is InChI=1S/C49H42BrClF2N4O11/c1-49(2,3)47(62)57(42-36(53)38(68-46(61)30-22-14-7-15-23-30)33(66-42)26-64-44(59)28-18-10-5-11-19-28)48-54-39(51)34-31(50)24-56(40(34)55-48)41-35(52)37(67-45(60)29-20-12-6-13-21-29)32(65-41)25-63-43(58)27-16-8-4-9-17-27/h4-24,32-33,35-38,41-42H,25-26H2,1-3H3/t32-,33-,35+,36+,37-,38-,41-,42-/m1/s1. The van der Waals surface area contributed by atoms with Crippen molar-refractivity contribution in [2.75, 3.05) is 18.1 Å². The summed E-state index contributed by atoms with van der Waals surface area (Å²) in [5.41, 5.74) is -0.787. The maximum Gasteiger partial charge on any atom is 0.338 e. The molecule has 19 heteroatoms. The zero-order valence-corrected chi connectivity index (χ0v) is 38.8. The minimum absolute atomic E-state index is 0.0895. The van der Waals surface area contributed by atoms with Gasteiger partial charge in [0.05, 0.1) is 27.6 Å². The second-order valence-corrected chi connectivity index (χ2v) is 18.0. The Balaban J connectivity index is 1.15. The summed E-state index contributed by atoms with van der Waals surface area (Å²) in [5, 5.41) is -0.152. The van der Waals surface area contributed by atoms with Gasteiger partial charge in [-0.25, -0.2) is 32.9 Å². The van der Waals surface area contributed by atoms with Crippen LogP contribution in [0, 0.1) is 5.41 Å². The average Bonchev–Trinajstić information content (AvgIpc) is 3.96. The molecule has 2 aromatic heterocycles. The van der Waals surface area contributed by atoms with Crippen LogP contribution in [0.1, 0.15) is 68.4 Å². The number of ether oxygens (including phenoxy) is 6. The van der Waals surface area contributed by atoms with Gasteiger partial charge in [0.15, 0.2) is 42.7 Å². The van der Waals surface area contributed by atoms with E-state index in [9.17, 15) is 24.0 Å². The maximum atomic E-state index is 17.3. The van der Waals surface area contributed by atoms with Gasteiger partial charge in [-0.2, -0.15) is 9.97 Å². The van der Waals surface area contributed by atoms with Gasteiger partial charge in [0.1, 0.15) is 30.6 Å². The molecule has 0 radical (unpaired) electrons. The number of hydrogen-bond donors (Lipinski definition) is 0. The smallest absolute Gasteiger partial charge is 0.338 e. The highest BCUT2D eigenvalue weighted by Crippen LogP contribution is 2.42. The van der Waals surface area contributed by atoms with E-state index in [1.54, 1.807) is 93.6 Å². The van der Waals surface area contributed by atoms with Gasteiger partial charge >= 0.3 is 23.9 Å². The Labute approximate surface area is 401 Å². The van der Waals surface area contributed by atoms with E-state index in [4.69, 9.17) is 40.0 Å². The Kier molecular flexibility index (Phi) is 14.3. The molecule has 1 amide bonds. The predicted octanol–water partition coefficient (Wildman–Crippen LogP) is 8.69. The first-order valence-corrected chi connectivity index (χ1v) is 22.4. The van der Waals surface area contributed by atoms with Crippen LogP contribution in [0.5, 0.6) is 0 Å². The van der Waals surface area contributed by atoms with Crippen molar-refractivity contribution in [3.05, 3.63) is 159 Å². The van der Waals surface area contributed by atoms with Gasteiger partial charge in [0.25, 0.3) is 0 Å². The van der Waals surface area contributed by atoms with Crippen LogP contribution in [0.4, 0.5) is 14.7 Å². The fourth-order valence-corrected chi connectivity index (χ4v) is 8.53. The minimum atomic E-state index is -2.31. The summed E-state index contributed by atoms with van der Waals surface area (Å²) in [5.74, 6) is -4.59. The first-order chi connectivity index (χ1) is 32.6. The van der Waals surface area contributed by atoms with E-state index < -0.39 is 104 Å². The monoisotopic (exact) mass is 1010 g/mol. The van der Waals surface area contributed by atoms with E-state index in [-0.39, 0.29) is 42.9 Å². The number of esters is 4. The minimum Gasteiger partial charge on any atom is -0.459 e. The SMILES string of the molecule is CC(C)(C)C(=O)N(c1nc(Cl)c2c(Br)cn([C@@H]3O[C@H](COC(=O)c4ccccc4)[C@@H](OC(=O)c4ccccc4)[C@@H]3F)c2n1)[C@@H]1O[C@H](COC(=O)c2ccccc2)[C@@H](OC(=O)c2ccccc2)[C@@H]1F. The zero-order valence-electron chi connectivity index (χ0n) is 36.4. The summed E-state index contributed by atoms with van der Waals surface area (Å²) in [7, 11) is 0. The molecule has 0 N–H and O–H groups in total. The molecule has 0 bridgehead atoms. The van der Waals surface area contributed by atoms with Crippen LogP contribution >= 0.6 is 27.5 Å². The summed E-state index contributed by atoms with van der Waals surface area (Å²) in [6, 6.07) is 31.7. The molecule has 8 atom stereocenters. The molecule has 4 heterocycles. The van der Waals surface area contributed by atoms with Crippen LogP contribution in [0.15, 0.2) is 132 Å². The number of alkyl halides is 2. The third-order valence-electron chi connectivity index (χ3n) is 11.0. The fraction of sp³-hybridized carbons (Fsp3) is 0.286. The molecule has 8 rings (SSSR count). The highest BCUT2D eigenvalue weighted by atomic mass is 79.9. The average molecular weight is 1020 g/mol. The van der Waals surface area contributed by atoms with Crippen LogP contribution < -0.4 is 4.90 Å². The van der Waals surface area contributed by atoms with E-state index in [2.05, 4.69) is 25.9 Å². The topological polar surface area (TPSA) is 175 Å². The zero-order chi connectivity index (χ0) is 48.3. The largest absolute Gasteiger partial charge is 0.459 e. The summed E-state index contributed by atoms with van der Waals surface area (Å²) >= 11 is 10.3. The molecule has 0 aliphatic carbocycles. The lowest BCUT2D eigenvalue weighted by atomic mass is 9.94. The molecule has 68 heavy (non-hydrogen) atoms. The van der Waals surface area contributed by atoms with Gasteiger partial charge in [0.2, 0.25) is 11.9 Å². The normalized spacial score (nSPS) is 22.3. The van der Waals surface area contributed by atoms with Crippen molar-refractivity contribution in [2.45, 2.75) is 70.0 Å². The van der Waals surface area contributed by atoms with Crippen molar-refractivity contribution in [3.8, 4) is 0 Å². The number of rotatable bonds is 13. The molecule has 4 aromatic carbocycles. The quantitative estimate of drug-likeness (QED) is 0.0611. The summed E-state index contributed by atoms with van der Waals surface area (Å²) in [6.07, 6.45) is -12.8. The number of amides is 1. The maximum absolute atomic E-state index is 17.3. The molecular formula is C49H42BrClF2N4O11. The highest BCUT2D eigenvalue weighted by molar-refractivity contribution is 9.10. The summed E-state index contributed by atoms with van der Waals surface area (Å²) < 4.78 is 70.7. The van der Waals surface area contributed by atoms with Gasteiger partial charge in [-0.15, -0.1) is 0 Å². The number of carbonyl (C=O) groups is 5. The Morgan fingerprint density at radius 1 is 0.662 bits per heavy atom. The van der Waals surface area contributed by atoms with Gasteiger partial charge in [0, 0.05) is 16.1 Å².